The van der Waals surface area contributed by atoms with E-state index in [0.29, 0.717) is 5.95 Å². The van der Waals surface area contributed by atoms with Crippen molar-refractivity contribution in [1.82, 2.24) is 9.97 Å². The largest absolute Gasteiger partial charge is 0.368 e. The Morgan fingerprint density at radius 3 is 3.07 bits per heavy atom. The molecule has 2 rings (SSSR count). The van der Waals surface area contributed by atoms with Gasteiger partial charge in [0.05, 0.1) is 0 Å². The van der Waals surface area contributed by atoms with Gasteiger partial charge in [0.1, 0.15) is 10.5 Å². The van der Waals surface area contributed by atoms with Crippen LogP contribution in [0.3, 0.4) is 0 Å². The van der Waals surface area contributed by atoms with Gasteiger partial charge in [0.15, 0.2) is 0 Å². The second kappa shape index (κ2) is 4.37. The van der Waals surface area contributed by atoms with Crippen molar-refractivity contribution < 1.29 is 4.74 Å². The first-order valence-corrected chi connectivity index (χ1v) is 6.00. The molecule has 0 saturated heterocycles. The van der Waals surface area contributed by atoms with E-state index in [1.807, 2.05) is 13.8 Å². The summed E-state index contributed by atoms with van der Waals surface area (Å²) in [5.41, 5.74) is 8.07. The van der Waals surface area contributed by atoms with Gasteiger partial charge in [-0.1, -0.05) is 11.8 Å². The monoisotopic (exact) mass is 225 g/mol. The molecule has 0 aliphatic carbocycles. The number of aryl methyl sites for hydroxylation is 1. The molecule has 2 heterocycles. The third kappa shape index (κ3) is 2.23. The van der Waals surface area contributed by atoms with Gasteiger partial charge in [0.25, 0.3) is 0 Å². The molecule has 2 N–H and O–H groups in total. The zero-order valence-corrected chi connectivity index (χ0v) is 9.80. The van der Waals surface area contributed by atoms with Crippen molar-refractivity contribution in [1.29, 1.82) is 0 Å². The summed E-state index contributed by atoms with van der Waals surface area (Å²) in [4.78, 5) is 8.43. The summed E-state index contributed by atoms with van der Waals surface area (Å²) in [6, 6.07) is 0. The number of nitrogens with two attached hydrogens (primary N) is 1. The number of aromatic nitrogens is 2. The van der Waals surface area contributed by atoms with Crippen LogP contribution in [0.25, 0.3) is 0 Å². The lowest BCUT2D eigenvalue weighted by Crippen LogP contribution is -2.17. The van der Waals surface area contributed by atoms with Crippen molar-refractivity contribution in [3.05, 3.63) is 11.3 Å². The number of rotatable bonds is 2. The summed E-state index contributed by atoms with van der Waals surface area (Å²) in [5, 5.41) is 0.990. The van der Waals surface area contributed by atoms with E-state index in [1.165, 1.54) is 5.56 Å². The van der Waals surface area contributed by atoms with Crippen molar-refractivity contribution in [2.45, 2.75) is 37.2 Å². The highest BCUT2D eigenvalue weighted by atomic mass is 32.2. The standard InChI is InChI=1S/C10H15N3OS/c1-3-14-8-5-4-7-6(2)12-10(11)13-9(7)15-8/h8H,3-5H2,1-2H3,(H2,11,12,13). The molecule has 0 fully saturated rings. The van der Waals surface area contributed by atoms with Crippen LogP contribution in [-0.2, 0) is 11.2 Å². The Labute approximate surface area is 93.6 Å². The van der Waals surface area contributed by atoms with E-state index in [2.05, 4.69) is 9.97 Å². The molecule has 1 aromatic heterocycles. The van der Waals surface area contributed by atoms with Gasteiger partial charge < -0.3 is 10.5 Å². The maximum atomic E-state index is 5.63. The van der Waals surface area contributed by atoms with Gasteiger partial charge in [-0.3, -0.25) is 0 Å². The van der Waals surface area contributed by atoms with Crippen molar-refractivity contribution in [3.8, 4) is 0 Å². The fourth-order valence-electron chi connectivity index (χ4n) is 1.72. The summed E-state index contributed by atoms with van der Waals surface area (Å²) in [6.45, 7) is 4.74. The smallest absolute Gasteiger partial charge is 0.221 e. The number of anilines is 1. The van der Waals surface area contributed by atoms with Crippen LogP contribution >= 0.6 is 11.8 Å². The van der Waals surface area contributed by atoms with Crippen molar-refractivity contribution in [2.75, 3.05) is 12.3 Å². The molecule has 5 heteroatoms. The quantitative estimate of drug-likeness (QED) is 0.777. The lowest BCUT2D eigenvalue weighted by atomic mass is 10.1. The molecule has 15 heavy (non-hydrogen) atoms. The van der Waals surface area contributed by atoms with Gasteiger partial charge in [-0.2, -0.15) is 0 Å². The number of nitrogen functional groups attached to an aromatic ring is 1. The molecule has 0 saturated carbocycles. The summed E-state index contributed by atoms with van der Waals surface area (Å²) < 4.78 is 5.58. The first kappa shape index (κ1) is 10.7. The van der Waals surface area contributed by atoms with Crippen molar-refractivity contribution in [3.63, 3.8) is 0 Å². The van der Waals surface area contributed by atoms with Gasteiger partial charge in [0, 0.05) is 17.9 Å². The molecule has 0 amide bonds. The first-order chi connectivity index (χ1) is 7.20. The number of nitrogens with zero attached hydrogens (tertiary/aromatic N) is 2. The summed E-state index contributed by atoms with van der Waals surface area (Å²) >= 11 is 1.66. The Morgan fingerprint density at radius 1 is 1.53 bits per heavy atom. The average molecular weight is 225 g/mol. The summed E-state index contributed by atoms with van der Waals surface area (Å²) in [6.07, 6.45) is 2.01. The highest BCUT2D eigenvalue weighted by Gasteiger charge is 2.23. The lowest BCUT2D eigenvalue weighted by Gasteiger charge is -2.23. The molecule has 1 aliphatic rings. The predicted octanol–water partition coefficient (Wildman–Crippen LogP) is 1.77. The van der Waals surface area contributed by atoms with E-state index in [4.69, 9.17) is 10.5 Å². The van der Waals surface area contributed by atoms with E-state index in [9.17, 15) is 0 Å². The molecular formula is C10H15N3OS. The second-order valence-corrected chi connectivity index (χ2v) is 4.64. The van der Waals surface area contributed by atoms with Crippen LogP contribution in [0, 0.1) is 6.92 Å². The van der Waals surface area contributed by atoms with Gasteiger partial charge >= 0.3 is 0 Å². The molecule has 0 spiro atoms. The number of hydrogen-bond donors (Lipinski definition) is 1. The Balaban J connectivity index is 2.25. The Kier molecular flexibility index (Phi) is 3.11. The lowest BCUT2D eigenvalue weighted by molar-refractivity contribution is 0.117. The van der Waals surface area contributed by atoms with Crippen LogP contribution in [0.15, 0.2) is 5.03 Å². The summed E-state index contributed by atoms with van der Waals surface area (Å²) in [7, 11) is 0. The highest BCUT2D eigenvalue weighted by Crippen LogP contribution is 2.35. The van der Waals surface area contributed by atoms with E-state index in [1.54, 1.807) is 11.8 Å². The van der Waals surface area contributed by atoms with E-state index in [0.717, 1.165) is 30.2 Å². The maximum absolute atomic E-state index is 5.63. The van der Waals surface area contributed by atoms with Crippen LogP contribution in [0.4, 0.5) is 5.95 Å². The van der Waals surface area contributed by atoms with Crippen LogP contribution in [0.5, 0.6) is 0 Å². The normalized spacial score (nSPS) is 20.0. The molecular weight excluding hydrogens is 210 g/mol. The maximum Gasteiger partial charge on any atom is 0.221 e. The minimum Gasteiger partial charge on any atom is -0.368 e. The van der Waals surface area contributed by atoms with Crippen LogP contribution in [-0.4, -0.2) is 22.0 Å². The van der Waals surface area contributed by atoms with Gasteiger partial charge in [0.2, 0.25) is 5.95 Å². The second-order valence-electron chi connectivity index (χ2n) is 3.49. The van der Waals surface area contributed by atoms with E-state index in [-0.39, 0.29) is 5.44 Å². The average Bonchev–Trinajstić information content (AvgIpc) is 2.17. The van der Waals surface area contributed by atoms with Crippen LogP contribution in [0.2, 0.25) is 0 Å². The van der Waals surface area contributed by atoms with Crippen molar-refractivity contribution >= 4 is 17.7 Å². The van der Waals surface area contributed by atoms with Gasteiger partial charge in [-0.25, -0.2) is 9.97 Å². The van der Waals surface area contributed by atoms with Crippen molar-refractivity contribution in [2.24, 2.45) is 0 Å². The predicted molar refractivity (Wildman–Crippen MR) is 60.8 cm³/mol. The molecule has 0 bridgehead atoms. The van der Waals surface area contributed by atoms with Gasteiger partial charge in [-0.05, 0) is 26.7 Å². The third-order valence-corrected chi connectivity index (χ3v) is 3.61. The fourth-order valence-corrected chi connectivity index (χ4v) is 2.95. The first-order valence-electron chi connectivity index (χ1n) is 5.12. The zero-order valence-electron chi connectivity index (χ0n) is 8.99. The number of fused-ring (bicyclic) bond motifs is 1. The van der Waals surface area contributed by atoms with E-state index < -0.39 is 0 Å². The molecule has 1 unspecified atom stereocenters. The fraction of sp³-hybridized carbons (Fsp3) is 0.600. The summed E-state index contributed by atoms with van der Waals surface area (Å²) in [5.74, 6) is 0.357. The number of hydrogen-bond acceptors (Lipinski definition) is 5. The molecule has 0 radical (unpaired) electrons. The minimum atomic E-state index is 0.219. The van der Waals surface area contributed by atoms with Crippen LogP contribution < -0.4 is 5.73 Å². The highest BCUT2D eigenvalue weighted by molar-refractivity contribution is 7.99. The van der Waals surface area contributed by atoms with Crippen LogP contribution in [0.1, 0.15) is 24.6 Å². The number of thioether (sulfide) groups is 1. The Morgan fingerprint density at radius 2 is 2.33 bits per heavy atom. The molecule has 82 valence electrons. The van der Waals surface area contributed by atoms with Gasteiger partial charge in [-0.15, -0.1) is 0 Å². The molecule has 1 atom stereocenters. The number of ether oxygens (including phenoxy) is 1. The molecule has 1 aliphatic heterocycles. The Bertz CT molecular complexity index is 370. The van der Waals surface area contributed by atoms with E-state index >= 15 is 0 Å². The molecule has 4 nitrogen and oxygen atoms in total. The molecule has 0 aromatic carbocycles. The minimum absolute atomic E-state index is 0.219. The Hall–Kier alpha value is -0.810. The SMILES string of the molecule is CCOC1CCc2c(C)nc(N)nc2S1. The molecule has 1 aromatic rings. The third-order valence-electron chi connectivity index (χ3n) is 2.42. The zero-order chi connectivity index (χ0) is 10.8. The topological polar surface area (TPSA) is 61.0 Å².